The van der Waals surface area contributed by atoms with Crippen LogP contribution in [0.3, 0.4) is 0 Å². The molecule has 0 unspecified atom stereocenters. The number of fused-ring (bicyclic) bond motifs is 1. The largest absolute Gasteiger partial charge is 0.396 e. The van der Waals surface area contributed by atoms with Crippen molar-refractivity contribution >= 4 is 48.6 Å². The maximum atomic E-state index is 5.76. The Morgan fingerprint density at radius 3 is 2.68 bits per heavy atom. The van der Waals surface area contributed by atoms with Crippen LogP contribution in [0, 0.1) is 11.8 Å². The molecular weight excluding hydrogens is 309 g/mol. The fraction of sp³-hybridized carbons (Fsp3) is 0.273. The highest BCUT2D eigenvalue weighted by atomic mass is 35.5. The molecule has 4 N–H and O–H groups in total. The van der Waals surface area contributed by atoms with Gasteiger partial charge in [-0.3, -0.25) is 0 Å². The van der Waals surface area contributed by atoms with Gasteiger partial charge in [-0.05, 0) is 25.0 Å². The Labute approximate surface area is 130 Å². The molecule has 0 fully saturated rings. The van der Waals surface area contributed by atoms with Crippen LogP contribution in [0.15, 0.2) is 18.5 Å². The van der Waals surface area contributed by atoms with Crippen LogP contribution in [0.4, 0.5) is 5.69 Å². The highest BCUT2D eigenvalue weighted by Gasteiger charge is 2.03. The van der Waals surface area contributed by atoms with Crippen LogP contribution in [0.2, 0.25) is 0 Å². The lowest BCUT2D eigenvalue weighted by Crippen LogP contribution is -1.98. The molecule has 0 aliphatic heterocycles. The second-order valence-corrected chi connectivity index (χ2v) is 3.36. The van der Waals surface area contributed by atoms with Gasteiger partial charge in [-0.15, -0.1) is 37.2 Å². The van der Waals surface area contributed by atoms with Crippen molar-refractivity contribution in [2.75, 3.05) is 12.3 Å². The van der Waals surface area contributed by atoms with Crippen LogP contribution in [-0.4, -0.2) is 21.1 Å². The molecule has 0 amide bonds. The molecule has 0 spiro atoms. The highest BCUT2D eigenvalue weighted by molar-refractivity contribution is 5.86. The third-order valence-corrected chi connectivity index (χ3v) is 2.15. The van der Waals surface area contributed by atoms with E-state index in [4.69, 9.17) is 11.5 Å². The van der Waals surface area contributed by atoms with E-state index in [1.54, 1.807) is 23.0 Å². The highest BCUT2D eigenvalue weighted by Crippen LogP contribution is 2.10. The smallest absolute Gasteiger partial charge is 0.178 e. The third kappa shape index (κ3) is 4.77. The van der Waals surface area contributed by atoms with Crippen LogP contribution < -0.4 is 11.5 Å². The number of nitrogen functional groups attached to an aromatic ring is 1. The Balaban J connectivity index is 0. The lowest BCUT2D eigenvalue weighted by atomic mass is 10.3. The van der Waals surface area contributed by atoms with Gasteiger partial charge in [-0.25, -0.2) is 9.50 Å². The number of nitrogens with zero attached hydrogens (tertiary/aromatic N) is 3. The van der Waals surface area contributed by atoms with Gasteiger partial charge in [-0.1, -0.05) is 5.92 Å². The van der Waals surface area contributed by atoms with Gasteiger partial charge in [0.25, 0.3) is 0 Å². The van der Waals surface area contributed by atoms with E-state index < -0.39 is 0 Å². The first-order valence-corrected chi connectivity index (χ1v) is 5.10. The van der Waals surface area contributed by atoms with Gasteiger partial charge in [0.05, 0.1) is 18.1 Å². The number of nitrogens with two attached hydrogens (primary N) is 2. The summed E-state index contributed by atoms with van der Waals surface area (Å²) in [5.74, 6) is 6.04. The van der Waals surface area contributed by atoms with Gasteiger partial charge in [0.2, 0.25) is 0 Å². The zero-order valence-electron chi connectivity index (χ0n) is 10.1. The van der Waals surface area contributed by atoms with Crippen molar-refractivity contribution in [3.8, 4) is 11.8 Å². The Morgan fingerprint density at radius 1 is 1.26 bits per heavy atom. The van der Waals surface area contributed by atoms with E-state index in [-0.39, 0.29) is 37.2 Å². The van der Waals surface area contributed by atoms with Gasteiger partial charge >= 0.3 is 0 Å². The molecule has 2 aromatic rings. The van der Waals surface area contributed by atoms with Crippen molar-refractivity contribution in [2.24, 2.45) is 5.73 Å². The summed E-state index contributed by atoms with van der Waals surface area (Å²) < 4.78 is 1.64. The molecule has 106 valence electrons. The van der Waals surface area contributed by atoms with Crippen LogP contribution in [-0.2, 0) is 0 Å². The molecule has 5 nitrogen and oxygen atoms in total. The average Bonchev–Trinajstić information content (AvgIpc) is 2.70. The molecule has 2 aromatic heterocycles. The van der Waals surface area contributed by atoms with Gasteiger partial charge < -0.3 is 11.5 Å². The van der Waals surface area contributed by atoms with E-state index in [9.17, 15) is 0 Å². The topological polar surface area (TPSA) is 82.2 Å². The van der Waals surface area contributed by atoms with Crippen molar-refractivity contribution < 1.29 is 0 Å². The van der Waals surface area contributed by atoms with Gasteiger partial charge in [-0.2, -0.15) is 5.10 Å². The standard InChI is InChI=1S/C11H13N5.3ClH/c12-6-3-1-2-4-9-8-14-11-10(13)5-7-15-16(9)11;;;/h5,7-8H,1,3,6,12-13H2;3*1H. The quantitative estimate of drug-likeness (QED) is 0.650. The molecule has 0 atom stereocenters. The van der Waals surface area contributed by atoms with Gasteiger partial charge in [0, 0.05) is 6.42 Å². The number of imidazole rings is 1. The predicted octanol–water partition coefficient (Wildman–Crippen LogP) is 1.67. The van der Waals surface area contributed by atoms with Gasteiger partial charge in [0.15, 0.2) is 5.65 Å². The Hall–Kier alpha value is -1.19. The Kier molecular flexibility index (Phi) is 10.3. The number of rotatable bonds is 2. The molecule has 0 bridgehead atoms. The normalized spacial score (nSPS) is 8.47. The minimum Gasteiger partial charge on any atom is -0.396 e. The second-order valence-electron chi connectivity index (χ2n) is 3.36. The minimum absolute atomic E-state index is 0. The molecule has 0 saturated carbocycles. The lowest BCUT2D eigenvalue weighted by Gasteiger charge is -1.95. The molecule has 0 saturated heterocycles. The Bertz CT molecular complexity index is 558. The number of halogens is 3. The predicted molar refractivity (Wildman–Crippen MR) is 84.3 cm³/mol. The van der Waals surface area contributed by atoms with E-state index in [0.717, 1.165) is 18.5 Å². The summed E-state index contributed by atoms with van der Waals surface area (Å²) in [4.78, 5) is 4.17. The summed E-state index contributed by atoms with van der Waals surface area (Å²) >= 11 is 0. The fourth-order valence-electron chi connectivity index (χ4n) is 1.34. The molecular formula is C11H16Cl3N5. The number of unbranched alkanes of at least 4 members (excludes halogenated alkanes) is 1. The van der Waals surface area contributed by atoms with E-state index in [1.807, 2.05) is 0 Å². The summed E-state index contributed by atoms with van der Waals surface area (Å²) in [6.07, 6.45) is 4.99. The number of aromatic nitrogens is 3. The van der Waals surface area contributed by atoms with Crippen LogP contribution >= 0.6 is 37.2 Å². The monoisotopic (exact) mass is 323 g/mol. The van der Waals surface area contributed by atoms with Crippen LogP contribution in [0.1, 0.15) is 18.5 Å². The van der Waals surface area contributed by atoms with Crippen LogP contribution in [0.25, 0.3) is 5.65 Å². The zero-order chi connectivity index (χ0) is 11.4. The number of hydrogen-bond acceptors (Lipinski definition) is 4. The molecule has 2 rings (SSSR count). The Morgan fingerprint density at radius 2 is 2.00 bits per heavy atom. The van der Waals surface area contributed by atoms with Crippen molar-refractivity contribution in [1.82, 2.24) is 14.6 Å². The third-order valence-electron chi connectivity index (χ3n) is 2.15. The summed E-state index contributed by atoms with van der Waals surface area (Å²) in [6, 6.07) is 1.72. The minimum atomic E-state index is 0. The molecule has 0 aliphatic carbocycles. The van der Waals surface area contributed by atoms with Crippen molar-refractivity contribution in [3.05, 3.63) is 24.2 Å². The van der Waals surface area contributed by atoms with Crippen LogP contribution in [0.5, 0.6) is 0 Å². The summed E-state index contributed by atoms with van der Waals surface area (Å²) in [7, 11) is 0. The molecule has 19 heavy (non-hydrogen) atoms. The first-order valence-electron chi connectivity index (χ1n) is 5.10. The van der Waals surface area contributed by atoms with Crippen molar-refractivity contribution in [2.45, 2.75) is 12.8 Å². The molecule has 2 heterocycles. The average molecular weight is 325 g/mol. The molecule has 0 aromatic carbocycles. The molecule has 0 radical (unpaired) electrons. The first-order chi connectivity index (χ1) is 7.83. The summed E-state index contributed by atoms with van der Waals surface area (Å²) in [5, 5.41) is 4.15. The summed E-state index contributed by atoms with van der Waals surface area (Å²) in [5.41, 5.74) is 13.1. The van der Waals surface area contributed by atoms with E-state index in [2.05, 4.69) is 21.9 Å². The van der Waals surface area contributed by atoms with Gasteiger partial charge in [0.1, 0.15) is 5.69 Å². The number of anilines is 1. The SMILES string of the molecule is Cl.Cl.Cl.NCCCC#Cc1cnc2c(N)ccnn12. The second kappa shape index (κ2) is 9.70. The molecule has 8 heteroatoms. The number of hydrogen-bond donors (Lipinski definition) is 2. The maximum Gasteiger partial charge on any atom is 0.178 e. The summed E-state index contributed by atoms with van der Waals surface area (Å²) in [6.45, 7) is 0.660. The first kappa shape index (κ1) is 20.1. The fourth-order valence-corrected chi connectivity index (χ4v) is 1.34. The van der Waals surface area contributed by atoms with E-state index in [0.29, 0.717) is 17.9 Å². The maximum absolute atomic E-state index is 5.76. The van der Waals surface area contributed by atoms with Crippen molar-refractivity contribution in [3.63, 3.8) is 0 Å². The van der Waals surface area contributed by atoms with Crippen molar-refractivity contribution in [1.29, 1.82) is 0 Å². The van der Waals surface area contributed by atoms with E-state index >= 15 is 0 Å². The van der Waals surface area contributed by atoms with E-state index in [1.165, 1.54) is 0 Å². The molecule has 0 aliphatic rings. The zero-order valence-corrected chi connectivity index (χ0v) is 12.5. The lowest BCUT2D eigenvalue weighted by molar-refractivity contribution is 0.869.